The van der Waals surface area contributed by atoms with Gasteiger partial charge in [-0.05, 0) is 56.2 Å². The third kappa shape index (κ3) is 4.65. The minimum Gasteiger partial charge on any atom is -0.507 e. The van der Waals surface area contributed by atoms with Crippen molar-refractivity contribution in [3.63, 3.8) is 0 Å². The third-order valence-corrected chi connectivity index (χ3v) is 6.69. The SMILES string of the molecule is COC1=CC(c2ccc(C(=N)C=CC(=N)N3CCC(N(C)C4CCC4)C3)c(O)c2)=CNN1. The summed E-state index contributed by atoms with van der Waals surface area (Å²) < 4.78 is 5.19. The summed E-state index contributed by atoms with van der Waals surface area (Å²) in [5, 5.41) is 27.3. The van der Waals surface area contributed by atoms with Crippen LogP contribution in [0.15, 0.2) is 48.5 Å². The van der Waals surface area contributed by atoms with Crippen LogP contribution >= 0.6 is 0 Å². The van der Waals surface area contributed by atoms with Crippen molar-refractivity contribution in [2.45, 2.75) is 37.8 Å². The molecule has 0 aromatic heterocycles. The van der Waals surface area contributed by atoms with Crippen LogP contribution in [0.5, 0.6) is 5.75 Å². The van der Waals surface area contributed by atoms with E-state index in [1.807, 2.05) is 12.1 Å². The maximum Gasteiger partial charge on any atom is 0.205 e. The Kier molecular flexibility index (Phi) is 6.50. The number of likely N-dealkylation sites (N-methyl/N-ethyl adjacent to an activating group) is 1. The number of rotatable bonds is 7. The first kappa shape index (κ1) is 22.0. The van der Waals surface area contributed by atoms with Gasteiger partial charge in [-0.2, -0.15) is 0 Å². The number of phenols is 1. The second-order valence-corrected chi connectivity index (χ2v) is 8.58. The number of ether oxygens (including phenoxy) is 1. The predicted octanol–water partition coefficient (Wildman–Crippen LogP) is 2.79. The van der Waals surface area contributed by atoms with Crippen LogP contribution in [0.2, 0.25) is 0 Å². The first-order chi connectivity index (χ1) is 15.5. The van der Waals surface area contributed by atoms with Gasteiger partial charge < -0.3 is 25.6 Å². The summed E-state index contributed by atoms with van der Waals surface area (Å²) in [7, 11) is 3.78. The van der Waals surface area contributed by atoms with E-state index in [4.69, 9.17) is 15.6 Å². The molecule has 32 heavy (non-hydrogen) atoms. The standard InChI is InChI=1S/C24H32N6O2/c1-29(18-4-3-5-18)19-10-11-30(15-19)23(26)9-8-21(25)20-7-6-16(12-22(20)31)17-13-24(32-2)28-27-14-17/h6-9,12-14,18-19,25-28,31H,3-5,10-11,15H2,1-2H3. The molecule has 2 aliphatic heterocycles. The van der Waals surface area contributed by atoms with Crippen molar-refractivity contribution in [1.82, 2.24) is 20.7 Å². The molecule has 0 radical (unpaired) electrons. The number of hydrogen-bond donors (Lipinski definition) is 5. The average Bonchev–Trinajstić information content (AvgIpc) is 3.26. The Morgan fingerprint density at radius 2 is 2.03 bits per heavy atom. The molecular formula is C24H32N6O2. The number of phenolic OH excluding ortho intramolecular Hbond substituents is 1. The summed E-state index contributed by atoms with van der Waals surface area (Å²) in [5.41, 5.74) is 8.02. The predicted molar refractivity (Wildman–Crippen MR) is 127 cm³/mol. The average molecular weight is 437 g/mol. The second kappa shape index (κ2) is 9.48. The molecule has 1 unspecified atom stereocenters. The van der Waals surface area contributed by atoms with E-state index in [9.17, 15) is 5.11 Å². The zero-order valence-electron chi connectivity index (χ0n) is 18.7. The van der Waals surface area contributed by atoms with Crippen LogP contribution in [0.25, 0.3) is 5.57 Å². The minimum absolute atomic E-state index is 0.0267. The van der Waals surface area contributed by atoms with Gasteiger partial charge >= 0.3 is 0 Å². The fourth-order valence-electron chi connectivity index (χ4n) is 4.36. The molecule has 3 aliphatic rings. The van der Waals surface area contributed by atoms with Crippen molar-refractivity contribution in [3.8, 4) is 5.75 Å². The first-order valence-corrected chi connectivity index (χ1v) is 11.1. The molecule has 1 aliphatic carbocycles. The molecule has 0 bridgehead atoms. The fourth-order valence-corrected chi connectivity index (χ4v) is 4.36. The van der Waals surface area contributed by atoms with Gasteiger partial charge in [-0.25, -0.2) is 0 Å². The van der Waals surface area contributed by atoms with E-state index in [1.54, 1.807) is 37.6 Å². The second-order valence-electron chi connectivity index (χ2n) is 8.58. The van der Waals surface area contributed by atoms with Crippen molar-refractivity contribution in [2.24, 2.45) is 0 Å². The van der Waals surface area contributed by atoms with E-state index in [0.29, 0.717) is 29.4 Å². The topological polar surface area (TPSA) is 108 Å². The monoisotopic (exact) mass is 436 g/mol. The third-order valence-electron chi connectivity index (χ3n) is 6.69. The molecule has 170 valence electrons. The Morgan fingerprint density at radius 1 is 1.22 bits per heavy atom. The van der Waals surface area contributed by atoms with Gasteiger partial charge in [-0.3, -0.25) is 15.7 Å². The van der Waals surface area contributed by atoms with E-state index in [-0.39, 0.29) is 11.5 Å². The Morgan fingerprint density at radius 3 is 2.72 bits per heavy atom. The molecule has 1 aromatic carbocycles. The smallest absolute Gasteiger partial charge is 0.205 e. The van der Waals surface area contributed by atoms with E-state index in [1.165, 1.54) is 19.3 Å². The normalized spacial score (nSPS) is 21.0. The van der Waals surface area contributed by atoms with Gasteiger partial charge in [0.15, 0.2) is 0 Å². The first-order valence-electron chi connectivity index (χ1n) is 11.1. The summed E-state index contributed by atoms with van der Waals surface area (Å²) in [6.07, 6.45) is 11.8. The number of amidine groups is 1. The number of likely N-dealkylation sites (tertiary alicyclic amines) is 1. The number of aromatic hydroxyl groups is 1. The van der Waals surface area contributed by atoms with E-state index < -0.39 is 0 Å². The van der Waals surface area contributed by atoms with Crippen molar-refractivity contribution in [3.05, 3.63) is 59.6 Å². The lowest BCUT2D eigenvalue weighted by Crippen LogP contribution is -2.45. The quantitative estimate of drug-likeness (QED) is 0.332. The maximum absolute atomic E-state index is 10.5. The lowest BCUT2D eigenvalue weighted by molar-refractivity contribution is 0.115. The van der Waals surface area contributed by atoms with E-state index in [0.717, 1.165) is 30.6 Å². The largest absolute Gasteiger partial charge is 0.507 e. The lowest BCUT2D eigenvalue weighted by Gasteiger charge is -2.38. The minimum atomic E-state index is 0.0267. The van der Waals surface area contributed by atoms with Gasteiger partial charge in [0.25, 0.3) is 0 Å². The zero-order chi connectivity index (χ0) is 22.7. The molecule has 1 aromatic rings. The number of allylic oxidation sites excluding steroid dienone is 3. The molecule has 8 nitrogen and oxygen atoms in total. The molecule has 0 spiro atoms. The highest BCUT2D eigenvalue weighted by Crippen LogP contribution is 2.28. The van der Waals surface area contributed by atoms with Crippen LogP contribution in [0.1, 0.15) is 36.8 Å². The molecule has 4 rings (SSSR count). The molecule has 5 N–H and O–H groups in total. The Hall–Kier alpha value is -3.26. The van der Waals surface area contributed by atoms with Gasteiger partial charge in [0, 0.05) is 48.6 Å². The lowest BCUT2D eigenvalue weighted by atomic mass is 9.91. The number of methoxy groups -OCH3 is 1. The molecule has 2 fully saturated rings. The Labute approximate surface area is 189 Å². The van der Waals surface area contributed by atoms with Crippen LogP contribution in [-0.4, -0.2) is 65.8 Å². The van der Waals surface area contributed by atoms with Gasteiger partial charge in [0.05, 0.1) is 12.8 Å². The van der Waals surface area contributed by atoms with Crippen LogP contribution in [0.3, 0.4) is 0 Å². The summed E-state index contributed by atoms with van der Waals surface area (Å²) >= 11 is 0. The fraction of sp³-hybridized carbons (Fsp3) is 0.417. The molecule has 2 heterocycles. The van der Waals surface area contributed by atoms with Crippen molar-refractivity contribution >= 4 is 17.1 Å². The maximum atomic E-state index is 10.5. The van der Waals surface area contributed by atoms with Gasteiger partial charge in [-0.1, -0.05) is 12.5 Å². The Balaban J connectivity index is 1.36. The van der Waals surface area contributed by atoms with Gasteiger partial charge in [0.2, 0.25) is 5.88 Å². The Bertz CT molecular complexity index is 979. The molecule has 8 heteroatoms. The van der Waals surface area contributed by atoms with Gasteiger partial charge in [0.1, 0.15) is 11.6 Å². The highest BCUT2D eigenvalue weighted by molar-refractivity contribution is 6.11. The van der Waals surface area contributed by atoms with Crippen molar-refractivity contribution < 1.29 is 9.84 Å². The summed E-state index contributed by atoms with van der Waals surface area (Å²) in [4.78, 5) is 4.56. The van der Waals surface area contributed by atoms with E-state index >= 15 is 0 Å². The molecule has 1 atom stereocenters. The van der Waals surface area contributed by atoms with Crippen LogP contribution in [0.4, 0.5) is 0 Å². The van der Waals surface area contributed by atoms with Crippen molar-refractivity contribution in [2.75, 3.05) is 27.2 Å². The van der Waals surface area contributed by atoms with Crippen LogP contribution < -0.4 is 10.9 Å². The number of nitrogens with zero attached hydrogens (tertiary/aromatic N) is 2. The summed E-state index contributed by atoms with van der Waals surface area (Å²) in [6, 6.07) is 6.41. The molecule has 0 amide bonds. The van der Waals surface area contributed by atoms with Crippen LogP contribution in [-0.2, 0) is 4.74 Å². The number of hydrazine groups is 1. The summed E-state index contributed by atoms with van der Waals surface area (Å²) in [6.45, 7) is 1.73. The summed E-state index contributed by atoms with van der Waals surface area (Å²) in [5.74, 6) is 1.01. The number of nitrogens with one attached hydrogen (secondary N) is 4. The highest BCUT2D eigenvalue weighted by Gasteiger charge is 2.32. The van der Waals surface area contributed by atoms with E-state index in [2.05, 4.69) is 27.7 Å². The van der Waals surface area contributed by atoms with Crippen LogP contribution in [0, 0.1) is 10.8 Å². The zero-order valence-corrected chi connectivity index (χ0v) is 18.7. The van der Waals surface area contributed by atoms with Gasteiger partial charge in [-0.15, -0.1) is 0 Å². The molecular weight excluding hydrogens is 404 g/mol. The molecule has 1 saturated carbocycles. The number of hydrogen-bond acceptors (Lipinski definition) is 7. The number of benzene rings is 1. The molecule has 1 saturated heterocycles. The van der Waals surface area contributed by atoms with Crippen molar-refractivity contribution in [1.29, 1.82) is 10.8 Å². The highest BCUT2D eigenvalue weighted by atomic mass is 16.5.